The van der Waals surface area contributed by atoms with Crippen molar-refractivity contribution in [2.24, 2.45) is 0 Å². The molecule has 1 aliphatic heterocycles. The first kappa shape index (κ1) is 22.2. The molecule has 2 rings (SSSR count). The number of nitrogens with zero attached hydrogens (tertiary/aromatic N) is 1. The summed E-state index contributed by atoms with van der Waals surface area (Å²) in [6, 6.07) is 10.9. The van der Waals surface area contributed by atoms with Crippen LogP contribution in [0.3, 0.4) is 0 Å². The summed E-state index contributed by atoms with van der Waals surface area (Å²) in [5.41, 5.74) is 1.27. The fourth-order valence-corrected chi connectivity index (χ4v) is 2.94. The number of hydrogen-bond donors (Lipinski definition) is 2. The van der Waals surface area contributed by atoms with Gasteiger partial charge in [-0.05, 0) is 45.5 Å². The molecule has 23 heavy (non-hydrogen) atoms. The molecule has 2 N–H and O–H groups in total. The SMILES string of the molecule is CN(C)CC(Cc1ccccc1)NC(=O)CC1CCCN1.Cl.Cl. The maximum absolute atomic E-state index is 12.2. The molecule has 1 aliphatic rings. The molecule has 6 heteroatoms. The van der Waals surface area contributed by atoms with E-state index in [1.54, 1.807) is 0 Å². The van der Waals surface area contributed by atoms with Crippen LogP contribution in [-0.2, 0) is 11.2 Å². The van der Waals surface area contributed by atoms with E-state index >= 15 is 0 Å². The van der Waals surface area contributed by atoms with Gasteiger partial charge in [-0.1, -0.05) is 30.3 Å². The van der Waals surface area contributed by atoms with Crippen molar-refractivity contribution in [2.45, 2.75) is 37.8 Å². The van der Waals surface area contributed by atoms with E-state index in [-0.39, 0.29) is 36.8 Å². The number of carbonyl (C=O) groups excluding carboxylic acids is 1. The van der Waals surface area contributed by atoms with Crippen molar-refractivity contribution in [1.82, 2.24) is 15.5 Å². The van der Waals surface area contributed by atoms with Gasteiger partial charge < -0.3 is 15.5 Å². The van der Waals surface area contributed by atoms with Gasteiger partial charge in [0.15, 0.2) is 0 Å². The highest BCUT2D eigenvalue weighted by Gasteiger charge is 2.20. The first-order chi connectivity index (χ1) is 10.1. The molecule has 0 saturated carbocycles. The van der Waals surface area contributed by atoms with Crippen molar-refractivity contribution >= 4 is 30.7 Å². The monoisotopic (exact) mass is 361 g/mol. The first-order valence-electron chi connectivity index (χ1n) is 7.85. The van der Waals surface area contributed by atoms with Crippen LogP contribution in [0.25, 0.3) is 0 Å². The van der Waals surface area contributed by atoms with Gasteiger partial charge in [0.05, 0.1) is 0 Å². The van der Waals surface area contributed by atoms with Gasteiger partial charge in [0.2, 0.25) is 5.91 Å². The first-order valence-corrected chi connectivity index (χ1v) is 7.85. The zero-order chi connectivity index (χ0) is 15.1. The summed E-state index contributed by atoms with van der Waals surface area (Å²) in [6.07, 6.45) is 3.77. The third kappa shape index (κ3) is 8.56. The summed E-state index contributed by atoms with van der Waals surface area (Å²) in [5, 5.41) is 6.58. The molecule has 1 heterocycles. The number of likely N-dealkylation sites (N-methyl/N-ethyl adjacent to an activating group) is 1. The molecule has 1 aromatic rings. The second kappa shape index (κ2) is 11.7. The summed E-state index contributed by atoms with van der Waals surface area (Å²) in [6.45, 7) is 1.90. The van der Waals surface area contributed by atoms with Crippen molar-refractivity contribution in [3.63, 3.8) is 0 Å². The molecule has 0 bridgehead atoms. The Kier molecular flexibility index (Phi) is 11.3. The lowest BCUT2D eigenvalue weighted by atomic mass is 10.0. The second-order valence-corrected chi connectivity index (χ2v) is 6.21. The van der Waals surface area contributed by atoms with E-state index in [0.29, 0.717) is 12.5 Å². The number of halogens is 2. The number of carbonyl (C=O) groups is 1. The van der Waals surface area contributed by atoms with Crippen LogP contribution in [-0.4, -0.2) is 50.1 Å². The third-order valence-electron chi connectivity index (χ3n) is 3.87. The topological polar surface area (TPSA) is 44.4 Å². The maximum atomic E-state index is 12.2. The Hall–Kier alpha value is -0.810. The Bertz CT molecular complexity index is 437. The molecule has 0 radical (unpaired) electrons. The van der Waals surface area contributed by atoms with Crippen LogP contribution in [0.2, 0.25) is 0 Å². The second-order valence-electron chi connectivity index (χ2n) is 6.21. The molecule has 2 unspecified atom stereocenters. The predicted molar refractivity (Wildman–Crippen MR) is 101 cm³/mol. The number of benzene rings is 1. The molecular weight excluding hydrogens is 333 g/mol. The minimum Gasteiger partial charge on any atom is -0.352 e. The minimum absolute atomic E-state index is 0. The van der Waals surface area contributed by atoms with Gasteiger partial charge >= 0.3 is 0 Å². The van der Waals surface area contributed by atoms with Crippen LogP contribution in [0.15, 0.2) is 30.3 Å². The van der Waals surface area contributed by atoms with Crippen LogP contribution in [0.1, 0.15) is 24.8 Å². The summed E-state index contributed by atoms with van der Waals surface area (Å²) >= 11 is 0. The van der Waals surface area contributed by atoms with E-state index in [1.165, 1.54) is 12.0 Å². The fourth-order valence-electron chi connectivity index (χ4n) is 2.94. The lowest BCUT2D eigenvalue weighted by Crippen LogP contribution is -2.44. The van der Waals surface area contributed by atoms with Crippen LogP contribution < -0.4 is 10.6 Å². The number of nitrogens with one attached hydrogen (secondary N) is 2. The summed E-state index contributed by atoms with van der Waals surface area (Å²) in [4.78, 5) is 14.3. The molecule has 0 spiro atoms. The lowest BCUT2D eigenvalue weighted by molar-refractivity contribution is -0.122. The highest BCUT2D eigenvalue weighted by Crippen LogP contribution is 2.09. The zero-order valence-corrected chi connectivity index (χ0v) is 15.6. The molecule has 2 atom stereocenters. The number of hydrogen-bond acceptors (Lipinski definition) is 3. The third-order valence-corrected chi connectivity index (χ3v) is 3.87. The summed E-state index contributed by atoms with van der Waals surface area (Å²) < 4.78 is 0. The quantitative estimate of drug-likeness (QED) is 0.782. The standard InChI is InChI=1S/C17H27N3O.2ClH/c1-20(2)13-16(11-14-7-4-3-5-8-14)19-17(21)12-15-9-6-10-18-15;;/h3-5,7-8,15-16,18H,6,9-13H2,1-2H3,(H,19,21);2*1H. The van der Waals surface area contributed by atoms with Gasteiger partial charge in [-0.3, -0.25) is 4.79 Å². The van der Waals surface area contributed by atoms with Crippen LogP contribution in [0.5, 0.6) is 0 Å². The molecule has 1 aromatic carbocycles. The van der Waals surface area contributed by atoms with Crippen LogP contribution in [0.4, 0.5) is 0 Å². The van der Waals surface area contributed by atoms with E-state index in [0.717, 1.165) is 25.9 Å². The van der Waals surface area contributed by atoms with Gasteiger partial charge in [-0.25, -0.2) is 0 Å². The average Bonchev–Trinajstić information content (AvgIpc) is 2.91. The molecule has 0 aliphatic carbocycles. The fraction of sp³-hybridized carbons (Fsp3) is 0.588. The van der Waals surface area contributed by atoms with E-state index in [9.17, 15) is 4.79 Å². The normalized spacial score (nSPS) is 18.0. The molecule has 1 amide bonds. The average molecular weight is 362 g/mol. The van der Waals surface area contributed by atoms with Crippen molar-refractivity contribution in [1.29, 1.82) is 0 Å². The van der Waals surface area contributed by atoms with Crippen molar-refractivity contribution in [3.05, 3.63) is 35.9 Å². The van der Waals surface area contributed by atoms with Gasteiger partial charge in [0, 0.05) is 25.0 Å². The highest BCUT2D eigenvalue weighted by molar-refractivity contribution is 5.85. The predicted octanol–water partition coefficient (Wildman–Crippen LogP) is 2.26. The van der Waals surface area contributed by atoms with Crippen molar-refractivity contribution < 1.29 is 4.79 Å². The van der Waals surface area contributed by atoms with E-state index in [1.807, 2.05) is 32.3 Å². The van der Waals surface area contributed by atoms with E-state index in [2.05, 4.69) is 27.7 Å². The van der Waals surface area contributed by atoms with Crippen LogP contribution in [0, 0.1) is 0 Å². The Morgan fingerprint density at radius 2 is 2.00 bits per heavy atom. The van der Waals surface area contributed by atoms with Gasteiger partial charge in [0.1, 0.15) is 0 Å². The molecule has 132 valence electrons. The molecule has 1 saturated heterocycles. The Labute approximate surface area is 152 Å². The van der Waals surface area contributed by atoms with Crippen molar-refractivity contribution in [2.75, 3.05) is 27.2 Å². The summed E-state index contributed by atoms with van der Waals surface area (Å²) in [7, 11) is 4.09. The molecule has 4 nitrogen and oxygen atoms in total. The highest BCUT2D eigenvalue weighted by atomic mass is 35.5. The Balaban J connectivity index is 0.00000242. The zero-order valence-electron chi connectivity index (χ0n) is 14.0. The minimum atomic E-state index is 0. The summed E-state index contributed by atoms with van der Waals surface area (Å²) in [5.74, 6) is 0.164. The Morgan fingerprint density at radius 3 is 2.57 bits per heavy atom. The van der Waals surface area contributed by atoms with Gasteiger partial charge in [-0.15, -0.1) is 24.8 Å². The van der Waals surface area contributed by atoms with Crippen LogP contribution >= 0.6 is 24.8 Å². The van der Waals surface area contributed by atoms with Gasteiger partial charge in [0.25, 0.3) is 0 Å². The molecular formula is C17H29Cl2N3O. The number of amides is 1. The Morgan fingerprint density at radius 1 is 1.30 bits per heavy atom. The van der Waals surface area contributed by atoms with E-state index in [4.69, 9.17) is 0 Å². The van der Waals surface area contributed by atoms with E-state index < -0.39 is 0 Å². The van der Waals surface area contributed by atoms with Gasteiger partial charge in [-0.2, -0.15) is 0 Å². The molecule has 0 aromatic heterocycles. The smallest absolute Gasteiger partial charge is 0.221 e. The number of rotatable bonds is 7. The van der Waals surface area contributed by atoms with Crippen molar-refractivity contribution in [3.8, 4) is 0 Å². The molecule has 1 fully saturated rings. The maximum Gasteiger partial charge on any atom is 0.221 e. The lowest BCUT2D eigenvalue weighted by Gasteiger charge is -2.23. The largest absolute Gasteiger partial charge is 0.352 e.